The number of carbonyl (C=O) groups is 1. The summed E-state index contributed by atoms with van der Waals surface area (Å²) in [4.78, 5) is 30.4. The zero-order valence-electron chi connectivity index (χ0n) is 15.0. The van der Waals surface area contributed by atoms with Crippen LogP contribution in [0.15, 0.2) is 17.1 Å². The Morgan fingerprint density at radius 3 is 2.78 bits per heavy atom. The zero-order valence-corrected chi connectivity index (χ0v) is 15.0. The molecule has 0 unspecified atom stereocenters. The molecule has 142 valence electrons. The second-order valence-corrected chi connectivity index (χ2v) is 8.49. The minimum atomic E-state index is -1.31. The first kappa shape index (κ1) is 16.7. The van der Waals surface area contributed by atoms with E-state index in [4.69, 9.17) is 5.73 Å². The molecule has 0 spiro atoms. The number of rotatable bonds is 3. The van der Waals surface area contributed by atoms with Gasteiger partial charge in [0.25, 0.3) is 0 Å². The third-order valence-corrected chi connectivity index (χ3v) is 6.49. The van der Waals surface area contributed by atoms with Crippen molar-refractivity contribution in [1.29, 1.82) is 0 Å². The van der Waals surface area contributed by atoms with Gasteiger partial charge in [-0.15, -0.1) is 0 Å². The van der Waals surface area contributed by atoms with Crippen molar-refractivity contribution in [3.63, 3.8) is 0 Å². The molecule has 2 aliphatic carbocycles. The average molecular weight is 372 g/mol. The first-order chi connectivity index (χ1) is 12.8. The van der Waals surface area contributed by atoms with Crippen molar-refractivity contribution in [2.45, 2.75) is 38.3 Å². The fourth-order valence-corrected chi connectivity index (χ4v) is 4.87. The summed E-state index contributed by atoms with van der Waals surface area (Å²) < 4.78 is 16.6. The lowest BCUT2D eigenvalue weighted by molar-refractivity contribution is 0.0694. The predicted octanol–water partition coefficient (Wildman–Crippen LogP) is 1.74. The van der Waals surface area contributed by atoms with Crippen LogP contribution in [-0.4, -0.2) is 39.8 Å². The van der Waals surface area contributed by atoms with Gasteiger partial charge in [0.2, 0.25) is 5.43 Å². The largest absolute Gasteiger partial charge is 0.477 e. The normalized spacial score (nSPS) is 29.7. The number of halogens is 1. The van der Waals surface area contributed by atoms with E-state index in [9.17, 15) is 19.1 Å². The van der Waals surface area contributed by atoms with Crippen molar-refractivity contribution in [2.24, 2.45) is 17.1 Å². The number of nitrogens with zero attached hydrogens (tertiary/aromatic N) is 3. The number of pyridine rings is 2. The van der Waals surface area contributed by atoms with E-state index in [1.165, 1.54) is 6.20 Å². The van der Waals surface area contributed by atoms with Crippen molar-refractivity contribution < 1.29 is 14.3 Å². The summed E-state index contributed by atoms with van der Waals surface area (Å²) in [5, 5.41) is 9.34. The minimum Gasteiger partial charge on any atom is -0.477 e. The molecule has 3 fully saturated rings. The smallest absolute Gasteiger partial charge is 0.341 e. The Hall–Kier alpha value is -2.48. The Morgan fingerprint density at radius 2 is 2.19 bits per heavy atom. The highest BCUT2D eigenvalue weighted by Gasteiger charge is 2.55. The Kier molecular flexibility index (Phi) is 3.26. The molecule has 0 amide bonds. The third kappa shape index (κ3) is 2.32. The van der Waals surface area contributed by atoms with E-state index in [-0.39, 0.29) is 34.3 Å². The number of anilines is 1. The lowest BCUT2D eigenvalue weighted by Gasteiger charge is -2.46. The summed E-state index contributed by atoms with van der Waals surface area (Å²) in [5.74, 6) is -1.36. The van der Waals surface area contributed by atoms with Crippen LogP contribution in [0.2, 0.25) is 0 Å². The first-order valence-corrected chi connectivity index (χ1v) is 9.28. The lowest BCUT2D eigenvalue weighted by Crippen LogP contribution is -2.53. The molecular weight excluding hydrogens is 351 g/mol. The summed E-state index contributed by atoms with van der Waals surface area (Å²) in [6, 6.07) is 1.39. The molecule has 2 aromatic rings. The fraction of sp³-hybridized carbons (Fsp3) is 0.526. The van der Waals surface area contributed by atoms with E-state index in [1.54, 1.807) is 4.57 Å². The number of carboxylic acids is 1. The zero-order chi connectivity index (χ0) is 19.1. The molecule has 0 radical (unpaired) electrons. The van der Waals surface area contributed by atoms with Crippen LogP contribution < -0.4 is 16.1 Å². The summed E-state index contributed by atoms with van der Waals surface area (Å²) in [7, 11) is 0. The number of carboxylic acid groups (broad SMARTS) is 1. The number of fused-ring (bicyclic) bond motifs is 2. The predicted molar refractivity (Wildman–Crippen MR) is 97.6 cm³/mol. The maximum atomic E-state index is 14.9. The van der Waals surface area contributed by atoms with Gasteiger partial charge >= 0.3 is 5.97 Å². The Labute approximate surface area is 154 Å². The van der Waals surface area contributed by atoms with E-state index in [1.807, 2.05) is 4.90 Å². The van der Waals surface area contributed by atoms with Gasteiger partial charge < -0.3 is 20.3 Å². The van der Waals surface area contributed by atoms with Crippen LogP contribution in [0.3, 0.4) is 0 Å². The monoisotopic (exact) mass is 372 g/mol. The molecule has 3 N–H and O–H groups in total. The maximum absolute atomic E-state index is 14.9. The number of aromatic carboxylic acids is 1. The standard InChI is InChI=1S/C19H21FN4O3/c1-19-5-14(21)12(19)7-23(8-19)17-13(20)4-10-15(25)11(18(26)27)6-24(9-2-3-9)16(10)22-17/h4,6,9,12,14H,2-3,5,7-8,21H2,1H3,(H,26,27)/t12-,14+,19-/m0/s1. The second-order valence-electron chi connectivity index (χ2n) is 8.49. The van der Waals surface area contributed by atoms with E-state index >= 15 is 0 Å². The molecule has 3 atom stereocenters. The van der Waals surface area contributed by atoms with Gasteiger partial charge in [-0.05, 0) is 36.7 Å². The van der Waals surface area contributed by atoms with Gasteiger partial charge in [-0.3, -0.25) is 4.79 Å². The molecule has 7 nitrogen and oxygen atoms in total. The molecule has 1 saturated heterocycles. The molecule has 0 bridgehead atoms. The average Bonchev–Trinajstić information content (AvgIpc) is 3.39. The highest BCUT2D eigenvalue weighted by molar-refractivity contribution is 5.92. The van der Waals surface area contributed by atoms with Crippen LogP contribution in [0.1, 0.15) is 42.6 Å². The molecule has 2 saturated carbocycles. The molecule has 2 aromatic heterocycles. The SMILES string of the molecule is C[C@@]12C[C@@H](N)[C@@H]1CN(c1nc3c(cc1F)c(=O)c(C(=O)O)cn3C1CC1)C2. The van der Waals surface area contributed by atoms with Gasteiger partial charge in [0.15, 0.2) is 11.6 Å². The van der Waals surface area contributed by atoms with Gasteiger partial charge in [-0.25, -0.2) is 14.2 Å². The quantitative estimate of drug-likeness (QED) is 0.851. The first-order valence-electron chi connectivity index (χ1n) is 9.28. The molecule has 1 aliphatic heterocycles. The highest BCUT2D eigenvalue weighted by Crippen LogP contribution is 2.51. The van der Waals surface area contributed by atoms with Gasteiger partial charge in [-0.2, -0.15) is 0 Å². The summed E-state index contributed by atoms with van der Waals surface area (Å²) >= 11 is 0. The number of hydrogen-bond acceptors (Lipinski definition) is 5. The van der Waals surface area contributed by atoms with E-state index in [0.29, 0.717) is 24.7 Å². The number of hydrogen-bond donors (Lipinski definition) is 2. The molecular formula is C19H21FN4O3. The molecule has 5 rings (SSSR count). The molecule has 3 heterocycles. The van der Waals surface area contributed by atoms with Crippen molar-refractivity contribution in [2.75, 3.05) is 18.0 Å². The molecule has 3 aliphatic rings. The van der Waals surface area contributed by atoms with Crippen LogP contribution in [-0.2, 0) is 0 Å². The van der Waals surface area contributed by atoms with Gasteiger partial charge in [0, 0.05) is 31.4 Å². The topological polar surface area (TPSA) is 101 Å². The second kappa shape index (κ2) is 5.28. The Balaban J connectivity index is 1.67. The molecule has 27 heavy (non-hydrogen) atoms. The van der Waals surface area contributed by atoms with Crippen molar-refractivity contribution in [3.8, 4) is 0 Å². The Bertz CT molecular complexity index is 1050. The van der Waals surface area contributed by atoms with E-state index in [0.717, 1.165) is 25.3 Å². The van der Waals surface area contributed by atoms with Gasteiger partial charge in [0.1, 0.15) is 11.2 Å². The van der Waals surface area contributed by atoms with Crippen LogP contribution in [0.25, 0.3) is 11.0 Å². The summed E-state index contributed by atoms with van der Waals surface area (Å²) in [5.41, 5.74) is 5.51. The lowest BCUT2D eigenvalue weighted by atomic mass is 9.60. The van der Waals surface area contributed by atoms with Gasteiger partial charge in [-0.1, -0.05) is 6.92 Å². The van der Waals surface area contributed by atoms with Crippen molar-refractivity contribution >= 4 is 22.8 Å². The van der Waals surface area contributed by atoms with Crippen LogP contribution >= 0.6 is 0 Å². The summed E-state index contributed by atoms with van der Waals surface area (Å²) in [6.07, 6.45) is 4.05. The Morgan fingerprint density at radius 1 is 1.44 bits per heavy atom. The van der Waals surface area contributed by atoms with Crippen LogP contribution in [0.5, 0.6) is 0 Å². The van der Waals surface area contributed by atoms with E-state index < -0.39 is 17.2 Å². The van der Waals surface area contributed by atoms with Crippen molar-refractivity contribution in [3.05, 3.63) is 33.9 Å². The highest BCUT2D eigenvalue weighted by atomic mass is 19.1. The van der Waals surface area contributed by atoms with Crippen molar-refractivity contribution in [1.82, 2.24) is 9.55 Å². The van der Waals surface area contributed by atoms with Gasteiger partial charge in [0.05, 0.1) is 5.39 Å². The summed E-state index contributed by atoms with van der Waals surface area (Å²) in [6.45, 7) is 3.49. The third-order valence-electron chi connectivity index (χ3n) is 6.49. The minimum absolute atomic E-state index is 0.0214. The maximum Gasteiger partial charge on any atom is 0.341 e. The number of nitrogens with two attached hydrogens (primary N) is 1. The van der Waals surface area contributed by atoms with E-state index in [2.05, 4.69) is 11.9 Å². The molecule has 8 heteroatoms. The number of aromatic nitrogens is 2. The molecule has 0 aromatic carbocycles. The van der Waals surface area contributed by atoms with Crippen LogP contribution in [0, 0.1) is 17.2 Å². The van der Waals surface area contributed by atoms with Crippen LogP contribution in [0.4, 0.5) is 10.2 Å². The fourth-order valence-electron chi connectivity index (χ4n) is 4.87.